The number of nitrogens with zero attached hydrogens (tertiary/aromatic N) is 2. The normalized spacial score (nSPS) is 14.1. The van der Waals surface area contributed by atoms with E-state index in [1.165, 1.54) is 23.1 Å². The first kappa shape index (κ1) is 35.0. The van der Waals surface area contributed by atoms with Crippen molar-refractivity contribution in [2.45, 2.75) is 69.0 Å². The number of carbonyl (C=O) groups excluding carboxylic acids is 2. The second-order valence-electron chi connectivity index (χ2n) is 12.2. The molecule has 0 aromatic heterocycles. The van der Waals surface area contributed by atoms with Crippen molar-refractivity contribution in [2.24, 2.45) is 0 Å². The van der Waals surface area contributed by atoms with Gasteiger partial charge in [0.1, 0.15) is 18.3 Å². The number of benzene rings is 4. The second-order valence-corrected chi connectivity index (χ2v) is 14.5. The number of methoxy groups -OCH3 is 1. The lowest BCUT2D eigenvalue weighted by molar-refractivity contribution is -0.140. The van der Waals surface area contributed by atoms with E-state index in [-0.39, 0.29) is 35.5 Å². The van der Waals surface area contributed by atoms with Crippen molar-refractivity contribution in [1.82, 2.24) is 10.2 Å². The molecule has 2 amide bonds. The van der Waals surface area contributed by atoms with Gasteiger partial charge in [0.05, 0.1) is 17.7 Å². The summed E-state index contributed by atoms with van der Waals surface area (Å²) in [5, 5.41) is 3.56. The zero-order chi connectivity index (χ0) is 34.1. The van der Waals surface area contributed by atoms with E-state index in [9.17, 15) is 18.0 Å². The van der Waals surface area contributed by atoms with Crippen LogP contribution in [-0.2, 0) is 32.6 Å². The van der Waals surface area contributed by atoms with Crippen LogP contribution in [0.3, 0.4) is 0 Å². The van der Waals surface area contributed by atoms with Gasteiger partial charge in [-0.1, -0.05) is 97.1 Å². The van der Waals surface area contributed by atoms with Crippen molar-refractivity contribution in [3.63, 3.8) is 0 Å². The summed E-state index contributed by atoms with van der Waals surface area (Å²) in [5.41, 5.74) is 2.76. The fourth-order valence-electron chi connectivity index (χ4n) is 6.06. The molecule has 0 aliphatic heterocycles. The first-order valence-corrected chi connectivity index (χ1v) is 18.1. The lowest BCUT2D eigenvalue weighted by Gasteiger charge is -2.35. The maximum Gasteiger partial charge on any atom is 0.264 e. The summed E-state index contributed by atoms with van der Waals surface area (Å²) in [5.74, 6) is -0.195. The lowest BCUT2D eigenvalue weighted by atomic mass is 9.94. The Morgan fingerprint density at radius 3 is 2.25 bits per heavy atom. The highest BCUT2D eigenvalue weighted by Crippen LogP contribution is 2.28. The number of sulfonamides is 1. The Hall–Kier alpha value is -4.34. The van der Waals surface area contributed by atoms with E-state index in [0.717, 1.165) is 53.1 Å². The Balaban J connectivity index is 1.57. The van der Waals surface area contributed by atoms with Crippen LogP contribution in [-0.4, -0.2) is 50.9 Å². The molecule has 8 nitrogen and oxygen atoms in total. The lowest BCUT2D eigenvalue weighted by Crippen LogP contribution is -2.55. The Morgan fingerprint density at radius 2 is 1.56 bits per heavy atom. The monoisotopic (exact) mass is 687 g/mol. The Bertz CT molecular complexity index is 1790. The number of carbonyl (C=O) groups is 2. The van der Waals surface area contributed by atoms with Gasteiger partial charge in [-0.15, -0.1) is 0 Å². The molecule has 4 aromatic rings. The quantitative estimate of drug-likeness (QED) is 0.164. The summed E-state index contributed by atoms with van der Waals surface area (Å²) < 4.78 is 35.0. The number of rotatable bonds is 13. The highest BCUT2D eigenvalue weighted by atomic mass is 35.5. The molecule has 0 saturated heterocycles. The van der Waals surface area contributed by atoms with Crippen LogP contribution in [0, 0.1) is 6.92 Å². The average molecular weight is 688 g/mol. The van der Waals surface area contributed by atoms with E-state index >= 15 is 0 Å². The van der Waals surface area contributed by atoms with E-state index in [4.69, 9.17) is 16.3 Å². The van der Waals surface area contributed by atoms with Gasteiger partial charge in [-0.2, -0.15) is 0 Å². The molecule has 0 heterocycles. The third-order valence-electron chi connectivity index (χ3n) is 8.69. The van der Waals surface area contributed by atoms with Crippen LogP contribution in [0.2, 0.25) is 5.02 Å². The Labute approximate surface area is 288 Å². The molecular weight excluding hydrogens is 646 g/mol. The number of hydrogen-bond donors (Lipinski definition) is 1. The molecule has 1 atom stereocenters. The number of anilines is 1. The fraction of sp³-hybridized carbons (Fsp3) is 0.316. The van der Waals surface area contributed by atoms with Crippen LogP contribution in [0.15, 0.2) is 108 Å². The van der Waals surface area contributed by atoms with Crippen LogP contribution in [0.25, 0.3) is 0 Å². The van der Waals surface area contributed by atoms with Crippen LogP contribution in [0.1, 0.15) is 48.8 Å². The van der Waals surface area contributed by atoms with E-state index in [0.29, 0.717) is 10.8 Å². The molecule has 0 spiro atoms. The maximum atomic E-state index is 14.7. The summed E-state index contributed by atoms with van der Waals surface area (Å²) in [6.45, 7) is 1.37. The third-order valence-corrected chi connectivity index (χ3v) is 10.7. The van der Waals surface area contributed by atoms with Crippen LogP contribution in [0.4, 0.5) is 5.69 Å². The average Bonchev–Trinajstić information content (AvgIpc) is 3.09. The van der Waals surface area contributed by atoms with E-state index in [1.54, 1.807) is 37.4 Å². The third kappa shape index (κ3) is 8.96. The number of amides is 2. The molecular formula is C38H42ClN3O5S. The zero-order valence-corrected chi connectivity index (χ0v) is 28.9. The Morgan fingerprint density at radius 1 is 0.875 bits per heavy atom. The fourth-order valence-corrected chi connectivity index (χ4v) is 7.65. The van der Waals surface area contributed by atoms with E-state index < -0.39 is 28.5 Å². The molecule has 48 heavy (non-hydrogen) atoms. The number of aryl methyl sites for hydroxylation is 1. The summed E-state index contributed by atoms with van der Waals surface area (Å²) in [4.78, 5) is 30.5. The predicted molar refractivity (Wildman–Crippen MR) is 190 cm³/mol. The van der Waals surface area contributed by atoms with Gasteiger partial charge in [0.2, 0.25) is 11.8 Å². The molecule has 1 saturated carbocycles. The molecule has 0 unspecified atom stereocenters. The first-order valence-electron chi connectivity index (χ1n) is 16.3. The molecule has 0 bridgehead atoms. The van der Waals surface area contributed by atoms with Gasteiger partial charge >= 0.3 is 0 Å². The smallest absolute Gasteiger partial charge is 0.264 e. The van der Waals surface area contributed by atoms with Gasteiger partial charge in [-0.05, 0) is 73.4 Å². The number of halogens is 1. The molecule has 1 fully saturated rings. The van der Waals surface area contributed by atoms with Gasteiger partial charge < -0.3 is 15.0 Å². The molecule has 1 N–H and O–H groups in total. The SMILES string of the molecule is COc1cccc(CN(C(=O)CN(c2cccc(Cl)c2)S(=O)(=O)c2ccc(C)cc2)[C@@H](Cc2ccccc2)C(=O)NC2CCCCC2)c1. The number of ether oxygens (including phenoxy) is 1. The van der Waals surface area contributed by atoms with Crippen LogP contribution < -0.4 is 14.4 Å². The van der Waals surface area contributed by atoms with Crippen molar-refractivity contribution < 1.29 is 22.7 Å². The maximum absolute atomic E-state index is 14.7. The Kier molecular flexibility index (Phi) is 11.8. The molecule has 1 aliphatic rings. The minimum absolute atomic E-state index is 0.0168. The highest BCUT2D eigenvalue weighted by Gasteiger charge is 2.35. The van der Waals surface area contributed by atoms with Crippen molar-refractivity contribution in [3.8, 4) is 5.75 Å². The van der Waals surface area contributed by atoms with Crippen LogP contribution in [0.5, 0.6) is 5.75 Å². The van der Waals surface area contributed by atoms with Gasteiger partial charge in [0, 0.05) is 24.0 Å². The van der Waals surface area contributed by atoms with Crippen molar-refractivity contribution in [3.05, 3.63) is 125 Å². The van der Waals surface area contributed by atoms with Gasteiger partial charge in [-0.3, -0.25) is 13.9 Å². The topological polar surface area (TPSA) is 96.0 Å². The van der Waals surface area contributed by atoms with Crippen molar-refractivity contribution in [2.75, 3.05) is 18.0 Å². The molecule has 0 radical (unpaired) electrons. The summed E-state index contributed by atoms with van der Waals surface area (Å²) in [6, 6.07) is 28.8. The standard InChI is InChI=1S/C38H42ClN3O5S/c1-28-19-21-35(22-20-28)48(45,46)42(33-17-10-14-31(39)25-33)27-37(43)41(26-30-13-9-18-34(23-30)47-2)36(24-29-11-5-3-6-12-29)38(44)40-32-15-7-4-8-16-32/h3,5-6,9-14,17-23,25,32,36H,4,7-8,15-16,24,26-27H2,1-2H3,(H,40,44)/t36-/m0/s1. The van der Waals surface area contributed by atoms with Gasteiger partial charge in [-0.25, -0.2) is 8.42 Å². The minimum Gasteiger partial charge on any atom is -0.497 e. The zero-order valence-electron chi connectivity index (χ0n) is 27.3. The molecule has 10 heteroatoms. The molecule has 5 rings (SSSR count). The second kappa shape index (κ2) is 16.2. The largest absolute Gasteiger partial charge is 0.497 e. The van der Waals surface area contributed by atoms with Crippen LogP contribution >= 0.6 is 11.6 Å². The summed E-state index contributed by atoms with van der Waals surface area (Å²) in [7, 11) is -2.65. The van der Waals surface area contributed by atoms with Gasteiger partial charge in [0.25, 0.3) is 10.0 Å². The van der Waals surface area contributed by atoms with E-state index in [1.807, 2.05) is 61.5 Å². The summed E-state index contributed by atoms with van der Waals surface area (Å²) >= 11 is 6.33. The predicted octanol–water partition coefficient (Wildman–Crippen LogP) is 6.94. The van der Waals surface area contributed by atoms with Crippen molar-refractivity contribution in [1.29, 1.82) is 0 Å². The number of hydrogen-bond acceptors (Lipinski definition) is 5. The van der Waals surface area contributed by atoms with Gasteiger partial charge in [0.15, 0.2) is 0 Å². The first-order chi connectivity index (χ1) is 23.1. The molecule has 1 aliphatic carbocycles. The molecule has 252 valence electrons. The highest BCUT2D eigenvalue weighted by molar-refractivity contribution is 7.92. The number of nitrogens with one attached hydrogen (secondary N) is 1. The van der Waals surface area contributed by atoms with Crippen molar-refractivity contribution >= 4 is 39.1 Å². The summed E-state index contributed by atoms with van der Waals surface area (Å²) in [6.07, 6.45) is 5.21. The molecule has 4 aromatic carbocycles. The minimum atomic E-state index is -4.22. The van der Waals surface area contributed by atoms with E-state index in [2.05, 4.69) is 5.32 Å².